The number of carbonyl (C=O) groups excluding carboxylic acids is 1. The summed E-state index contributed by atoms with van der Waals surface area (Å²) in [4.78, 5) is 17.3. The fourth-order valence-corrected chi connectivity index (χ4v) is 4.42. The molecule has 1 unspecified atom stereocenters. The first-order chi connectivity index (χ1) is 13.9. The van der Waals surface area contributed by atoms with Crippen molar-refractivity contribution in [3.8, 4) is 0 Å². The second-order valence-electron chi connectivity index (χ2n) is 6.91. The van der Waals surface area contributed by atoms with Crippen LogP contribution in [0.15, 0.2) is 58.4 Å². The fourth-order valence-electron chi connectivity index (χ4n) is 3.18. The number of rotatable bonds is 8. The van der Waals surface area contributed by atoms with Gasteiger partial charge in [-0.3, -0.25) is 14.5 Å². The number of aliphatic imine (C=N–C) groups is 1. The molecule has 8 heteroatoms. The average molecular weight is 418 g/mol. The van der Waals surface area contributed by atoms with Crippen molar-refractivity contribution in [2.24, 2.45) is 4.99 Å². The van der Waals surface area contributed by atoms with Gasteiger partial charge in [0.15, 0.2) is 0 Å². The van der Waals surface area contributed by atoms with Crippen LogP contribution in [0.2, 0.25) is 0 Å². The maximum Gasteiger partial charge on any atom is 0.263 e. The lowest BCUT2D eigenvalue weighted by Crippen LogP contribution is -2.36. The van der Waals surface area contributed by atoms with E-state index in [1.807, 2.05) is 6.92 Å². The van der Waals surface area contributed by atoms with Crippen LogP contribution in [0.4, 0.5) is 4.39 Å². The molecule has 1 aliphatic rings. The Labute approximate surface area is 170 Å². The number of nitrogens with one attached hydrogen (secondary N) is 2. The summed E-state index contributed by atoms with van der Waals surface area (Å²) in [5.74, 6) is -0.388. The number of amides is 1. The zero-order chi connectivity index (χ0) is 20.9. The summed E-state index contributed by atoms with van der Waals surface area (Å²) in [7, 11) is -3.65. The molecule has 2 aromatic carbocycles. The normalized spacial score (nSPS) is 16.8. The summed E-state index contributed by atoms with van der Waals surface area (Å²) in [6.45, 7) is 2.36. The number of nitrogens with zero attached hydrogens (tertiary/aromatic N) is 1. The number of hydrogen-bond donors (Lipinski definition) is 2. The Morgan fingerprint density at radius 2 is 2.00 bits per heavy atom. The molecule has 6 nitrogen and oxygen atoms in total. The van der Waals surface area contributed by atoms with Crippen molar-refractivity contribution in [1.82, 2.24) is 10.0 Å². The summed E-state index contributed by atoms with van der Waals surface area (Å²) >= 11 is 0. The van der Waals surface area contributed by atoms with E-state index in [4.69, 9.17) is 0 Å². The first-order valence-electron chi connectivity index (χ1n) is 9.63. The van der Waals surface area contributed by atoms with Gasteiger partial charge in [-0.25, -0.2) is 12.8 Å². The van der Waals surface area contributed by atoms with Crippen LogP contribution in [0, 0.1) is 5.82 Å². The van der Waals surface area contributed by atoms with E-state index in [1.165, 1.54) is 18.2 Å². The molecule has 0 saturated carbocycles. The van der Waals surface area contributed by atoms with Crippen molar-refractivity contribution in [2.45, 2.75) is 43.5 Å². The van der Waals surface area contributed by atoms with E-state index in [0.717, 1.165) is 18.4 Å². The monoisotopic (exact) mass is 417 g/mol. The zero-order valence-electron chi connectivity index (χ0n) is 16.2. The summed E-state index contributed by atoms with van der Waals surface area (Å²) in [5.41, 5.74) is 1.26. The van der Waals surface area contributed by atoms with E-state index in [2.05, 4.69) is 15.0 Å². The Kier molecular flexibility index (Phi) is 6.64. The third kappa shape index (κ3) is 5.20. The van der Waals surface area contributed by atoms with Gasteiger partial charge in [-0.2, -0.15) is 0 Å². The van der Waals surface area contributed by atoms with Gasteiger partial charge in [0.25, 0.3) is 10.0 Å². The molecule has 154 valence electrons. The van der Waals surface area contributed by atoms with Crippen LogP contribution in [0.3, 0.4) is 0 Å². The SMILES string of the molecule is CCCCC(N=C1NS(=O)(=O)c2ccccc21)C(=O)NCCc1cccc(F)c1. The van der Waals surface area contributed by atoms with Crippen LogP contribution in [-0.2, 0) is 21.2 Å². The average Bonchev–Trinajstić information content (AvgIpc) is 2.95. The molecule has 0 aliphatic carbocycles. The van der Waals surface area contributed by atoms with Crippen LogP contribution < -0.4 is 10.0 Å². The maximum atomic E-state index is 13.3. The Hall–Kier alpha value is -2.74. The van der Waals surface area contributed by atoms with Gasteiger partial charge in [0, 0.05) is 12.1 Å². The minimum atomic E-state index is -3.65. The Balaban J connectivity index is 1.72. The molecule has 0 saturated heterocycles. The molecule has 1 atom stereocenters. The number of sulfonamides is 1. The minimum absolute atomic E-state index is 0.166. The highest BCUT2D eigenvalue weighted by Gasteiger charge is 2.31. The van der Waals surface area contributed by atoms with E-state index in [0.29, 0.717) is 24.9 Å². The zero-order valence-corrected chi connectivity index (χ0v) is 17.0. The highest BCUT2D eigenvalue weighted by Crippen LogP contribution is 2.23. The van der Waals surface area contributed by atoms with Crippen LogP contribution in [0.1, 0.15) is 37.3 Å². The third-order valence-corrected chi connectivity index (χ3v) is 6.08. The maximum absolute atomic E-state index is 13.3. The molecule has 2 aromatic rings. The van der Waals surface area contributed by atoms with Crippen molar-refractivity contribution in [3.05, 3.63) is 65.5 Å². The van der Waals surface area contributed by atoms with Crippen LogP contribution in [0.5, 0.6) is 0 Å². The lowest BCUT2D eigenvalue weighted by atomic mass is 10.1. The van der Waals surface area contributed by atoms with Crippen LogP contribution in [-0.4, -0.2) is 32.7 Å². The third-order valence-electron chi connectivity index (χ3n) is 4.68. The molecular formula is C21H24FN3O3S. The highest BCUT2D eigenvalue weighted by molar-refractivity contribution is 7.90. The van der Waals surface area contributed by atoms with Gasteiger partial charge >= 0.3 is 0 Å². The predicted octanol–water partition coefficient (Wildman–Crippen LogP) is 2.78. The molecule has 1 amide bonds. The Morgan fingerprint density at radius 3 is 2.76 bits per heavy atom. The van der Waals surface area contributed by atoms with Crippen LogP contribution in [0.25, 0.3) is 0 Å². The molecule has 29 heavy (non-hydrogen) atoms. The van der Waals surface area contributed by atoms with E-state index >= 15 is 0 Å². The molecule has 0 radical (unpaired) electrons. The lowest BCUT2D eigenvalue weighted by molar-refractivity contribution is -0.122. The van der Waals surface area contributed by atoms with Gasteiger partial charge in [0.2, 0.25) is 5.91 Å². The van der Waals surface area contributed by atoms with Gasteiger partial charge < -0.3 is 5.32 Å². The summed E-state index contributed by atoms with van der Waals surface area (Å²) < 4.78 is 40.2. The van der Waals surface area contributed by atoms with Gasteiger partial charge in [0.1, 0.15) is 17.7 Å². The molecule has 3 rings (SSSR count). The number of carbonyl (C=O) groups is 1. The molecule has 0 bridgehead atoms. The van der Waals surface area contributed by atoms with Crippen molar-refractivity contribution >= 4 is 21.8 Å². The molecule has 1 aliphatic heterocycles. The number of hydrogen-bond acceptors (Lipinski definition) is 4. The van der Waals surface area contributed by atoms with Gasteiger partial charge in [-0.05, 0) is 42.7 Å². The predicted molar refractivity (Wildman–Crippen MR) is 110 cm³/mol. The second-order valence-corrected chi connectivity index (χ2v) is 8.56. The van der Waals surface area contributed by atoms with E-state index in [1.54, 1.807) is 30.3 Å². The largest absolute Gasteiger partial charge is 0.354 e. The molecule has 0 fully saturated rings. The second kappa shape index (κ2) is 9.17. The Morgan fingerprint density at radius 1 is 1.21 bits per heavy atom. The van der Waals surface area contributed by atoms with Crippen molar-refractivity contribution in [2.75, 3.05) is 6.54 Å². The molecule has 0 aromatic heterocycles. The number of halogens is 1. The minimum Gasteiger partial charge on any atom is -0.354 e. The molecular weight excluding hydrogens is 393 g/mol. The molecule has 2 N–H and O–H groups in total. The van der Waals surface area contributed by atoms with E-state index < -0.39 is 16.1 Å². The summed E-state index contributed by atoms with van der Waals surface area (Å²) in [5, 5.41) is 2.83. The van der Waals surface area contributed by atoms with Gasteiger partial charge in [-0.1, -0.05) is 44.0 Å². The quantitative estimate of drug-likeness (QED) is 0.692. The smallest absolute Gasteiger partial charge is 0.263 e. The number of amidine groups is 1. The number of fused-ring (bicyclic) bond motifs is 1. The van der Waals surface area contributed by atoms with Crippen molar-refractivity contribution in [1.29, 1.82) is 0 Å². The van der Waals surface area contributed by atoms with Crippen LogP contribution >= 0.6 is 0 Å². The van der Waals surface area contributed by atoms with Crippen molar-refractivity contribution in [3.63, 3.8) is 0 Å². The van der Waals surface area contributed by atoms with Gasteiger partial charge in [0.05, 0.1) is 4.90 Å². The first-order valence-corrected chi connectivity index (χ1v) is 11.1. The molecule has 1 heterocycles. The van der Waals surface area contributed by atoms with E-state index in [9.17, 15) is 17.6 Å². The van der Waals surface area contributed by atoms with E-state index in [-0.39, 0.29) is 22.5 Å². The Bertz CT molecular complexity index is 1020. The topological polar surface area (TPSA) is 87.6 Å². The highest BCUT2D eigenvalue weighted by atomic mass is 32.2. The molecule has 0 spiro atoms. The standard InChI is InChI=1S/C21H24FN3O3S/c1-2-3-10-18(21(26)23-13-12-15-7-6-8-16(22)14-15)24-20-17-9-4-5-11-19(17)29(27,28)25-20/h4-9,11,14,18H,2-3,10,12-13H2,1H3,(H,23,26)(H,24,25). The first kappa shape index (κ1) is 21.0. The van der Waals surface area contributed by atoms with Crippen molar-refractivity contribution < 1.29 is 17.6 Å². The number of benzene rings is 2. The fraction of sp³-hybridized carbons (Fsp3) is 0.333. The summed E-state index contributed by atoms with van der Waals surface area (Å²) in [6.07, 6.45) is 2.68. The lowest BCUT2D eigenvalue weighted by Gasteiger charge is -2.14. The number of unbranched alkanes of at least 4 members (excludes halogenated alkanes) is 1. The summed E-state index contributed by atoms with van der Waals surface area (Å²) in [6, 6.07) is 12.1. The van der Waals surface area contributed by atoms with Gasteiger partial charge in [-0.15, -0.1) is 0 Å².